The highest BCUT2D eigenvalue weighted by molar-refractivity contribution is 5.92. The van der Waals surface area contributed by atoms with Crippen LogP contribution in [0.5, 0.6) is 11.6 Å². The van der Waals surface area contributed by atoms with Gasteiger partial charge >= 0.3 is 12.1 Å². The van der Waals surface area contributed by atoms with Gasteiger partial charge in [0.05, 0.1) is 35.8 Å². The lowest BCUT2D eigenvalue weighted by Crippen LogP contribution is -2.44. The third-order valence-electron chi connectivity index (χ3n) is 7.57. The van der Waals surface area contributed by atoms with Gasteiger partial charge in [0, 0.05) is 30.9 Å². The van der Waals surface area contributed by atoms with Crippen molar-refractivity contribution in [3.8, 4) is 11.6 Å². The molecule has 246 valence electrons. The van der Waals surface area contributed by atoms with Crippen LogP contribution in [0.15, 0.2) is 48.7 Å². The summed E-state index contributed by atoms with van der Waals surface area (Å²) in [4.78, 5) is 27.0. The lowest BCUT2D eigenvalue weighted by molar-refractivity contribution is -0.184. The molecule has 46 heavy (non-hydrogen) atoms. The molecule has 10 nitrogen and oxygen atoms in total. The molecule has 1 saturated heterocycles. The van der Waals surface area contributed by atoms with Crippen LogP contribution in [0.25, 0.3) is 11.0 Å². The molecule has 1 aliphatic rings. The van der Waals surface area contributed by atoms with Crippen molar-refractivity contribution in [3.05, 3.63) is 77.5 Å². The number of aromatic carboxylic acids is 1. The first kappa shape index (κ1) is 33.0. The fourth-order valence-electron chi connectivity index (χ4n) is 5.30. The Balaban J connectivity index is 1.23. The van der Waals surface area contributed by atoms with E-state index >= 15 is 0 Å². The molecule has 0 spiro atoms. The van der Waals surface area contributed by atoms with E-state index in [1.165, 1.54) is 31.3 Å². The summed E-state index contributed by atoms with van der Waals surface area (Å²) in [6.45, 7) is 3.03. The summed E-state index contributed by atoms with van der Waals surface area (Å²) in [5.41, 5.74) is 1.06. The molecule has 5 rings (SSSR count). The SMILES string of the molecule is C[C@H](Cn1c(CN2CC[C@H](Oc3ccnc(COc4ccc(F)cc4F)n3)C[C@@H]2C)nc2ccc(C(=O)O)cc21)OCC(F)(F)F. The van der Waals surface area contributed by atoms with Crippen LogP contribution in [-0.4, -0.2) is 73.1 Å². The van der Waals surface area contributed by atoms with E-state index in [0.29, 0.717) is 48.7 Å². The quantitative estimate of drug-likeness (QED) is 0.191. The fraction of sp³-hybridized carbons (Fsp3) is 0.419. The van der Waals surface area contributed by atoms with Gasteiger partial charge in [-0.05, 0) is 57.0 Å². The molecule has 0 bridgehead atoms. The molecular weight excluding hydrogens is 617 g/mol. The minimum Gasteiger partial charge on any atom is -0.483 e. The first-order valence-electron chi connectivity index (χ1n) is 14.6. The molecule has 0 amide bonds. The zero-order chi connectivity index (χ0) is 33.0. The van der Waals surface area contributed by atoms with E-state index in [0.717, 1.165) is 12.1 Å². The van der Waals surface area contributed by atoms with Crippen molar-refractivity contribution >= 4 is 17.0 Å². The Bertz CT molecular complexity index is 1680. The Kier molecular flexibility index (Phi) is 10.0. The number of likely N-dealkylation sites (tertiary alicyclic amines) is 1. The predicted octanol–water partition coefficient (Wildman–Crippen LogP) is 5.78. The number of aromatic nitrogens is 4. The summed E-state index contributed by atoms with van der Waals surface area (Å²) in [5, 5.41) is 9.49. The second-order valence-electron chi connectivity index (χ2n) is 11.1. The van der Waals surface area contributed by atoms with Crippen LogP contribution < -0.4 is 9.47 Å². The van der Waals surface area contributed by atoms with Crippen LogP contribution in [0.3, 0.4) is 0 Å². The van der Waals surface area contributed by atoms with Crippen LogP contribution in [0, 0.1) is 11.6 Å². The number of halogens is 5. The highest BCUT2D eigenvalue weighted by atomic mass is 19.4. The molecular formula is C31H32F5N5O5. The number of nitrogens with zero attached hydrogens (tertiary/aromatic N) is 5. The van der Waals surface area contributed by atoms with Gasteiger partial charge in [-0.25, -0.2) is 23.5 Å². The third kappa shape index (κ3) is 8.46. The molecule has 2 aromatic carbocycles. The summed E-state index contributed by atoms with van der Waals surface area (Å²) >= 11 is 0. The zero-order valence-electron chi connectivity index (χ0n) is 25.0. The first-order chi connectivity index (χ1) is 21.8. The largest absolute Gasteiger partial charge is 0.483 e. The van der Waals surface area contributed by atoms with Gasteiger partial charge in [-0.3, -0.25) is 4.90 Å². The Morgan fingerprint density at radius 3 is 2.65 bits per heavy atom. The highest BCUT2D eigenvalue weighted by Gasteiger charge is 2.30. The van der Waals surface area contributed by atoms with Crippen LogP contribution >= 0.6 is 0 Å². The monoisotopic (exact) mass is 649 g/mol. The maximum atomic E-state index is 13.9. The Labute approximate surface area is 260 Å². The van der Waals surface area contributed by atoms with Gasteiger partial charge in [0.25, 0.3) is 0 Å². The average molecular weight is 650 g/mol. The number of fused-ring (bicyclic) bond motifs is 1. The van der Waals surface area contributed by atoms with Crippen molar-refractivity contribution in [2.24, 2.45) is 0 Å². The Hall–Kier alpha value is -4.37. The molecule has 3 heterocycles. The van der Waals surface area contributed by atoms with Crippen molar-refractivity contribution in [2.45, 2.75) is 70.8 Å². The number of piperidine rings is 1. The minimum absolute atomic E-state index is 0.0200. The Morgan fingerprint density at radius 1 is 1.13 bits per heavy atom. The van der Waals surface area contributed by atoms with Crippen LogP contribution in [0.1, 0.15) is 48.7 Å². The first-order valence-corrected chi connectivity index (χ1v) is 14.6. The zero-order valence-corrected chi connectivity index (χ0v) is 25.0. The molecule has 0 unspecified atom stereocenters. The van der Waals surface area contributed by atoms with Gasteiger partial charge in [0.2, 0.25) is 5.88 Å². The summed E-state index contributed by atoms with van der Waals surface area (Å²) < 4.78 is 83.6. The number of benzene rings is 2. The lowest BCUT2D eigenvalue weighted by atomic mass is 10.0. The van der Waals surface area contributed by atoms with Gasteiger partial charge in [-0.1, -0.05) is 0 Å². The topological polar surface area (TPSA) is 112 Å². The van der Waals surface area contributed by atoms with Crippen molar-refractivity contribution < 1.29 is 46.1 Å². The second kappa shape index (κ2) is 14.0. The lowest BCUT2D eigenvalue weighted by Gasteiger charge is -2.37. The summed E-state index contributed by atoms with van der Waals surface area (Å²) in [6.07, 6.45) is -2.71. The maximum absolute atomic E-state index is 13.9. The van der Waals surface area contributed by atoms with E-state index in [1.807, 2.05) is 6.92 Å². The predicted molar refractivity (Wildman–Crippen MR) is 154 cm³/mol. The minimum atomic E-state index is -4.48. The standard InChI is InChI=1S/C31H32F5N5O5/c1-18-11-22(46-29-7-9-37-27(39-29)16-44-26-6-4-21(32)13-23(26)33)8-10-40(18)15-28-38-24-5-3-20(30(42)43)12-25(24)41(28)14-19(2)45-17-31(34,35)36/h3-7,9,12-13,18-19,22H,8,10-11,14-17H2,1-2H3,(H,42,43)/t18-,19+,22-/m0/s1. The summed E-state index contributed by atoms with van der Waals surface area (Å²) in [5.74, 6) is -1.65. The van der Waals surface area contributed by atoms with E-state index in [4.69, 9.17) is 19.2 Å². The van der Waals surface area contributed by atoms with E-state index in [9.17, 15) is 31.9 Å². The summed E-state index contributed by atoms with van der Waals surface area (Å²) in [6, 6.07) is 9.11. The van der Waals surface area contributed by atoms with Crippen molar-refractivity contribution in [2.75, 3.05) is 13.2 Å². The van der Waals surface area contributed by atoms with Gasteiger partial charge in [-0.2, -0.15) is 18.2 Å². The molecule has 1 aliphatic heterocycles. The molecule has 0 saturated carbocycles. The van der Waals surface area contributed by atoms with Gasteiger partial charge in [-0.15, -0.1) is 0 Å². The number of imidazole rings is 1. The normalized spacial score (nSPS) is 18.1. The van der Waals surface area contributed by atoms with Crippen LogP contribution in [0.2, 0.25) is 0 Å². The molecule has 3 atom stereocenters. The molecule has 2 aromatic heterocycles. The van der Waals surface area contributed by atoms with Crippen molar-refractivity contribution in [3.63, 3.8) is 0 Å². The van der Waals surface area contributed by atoms with Gasteiger partial charge in [0.1, 0.15) is 31.0 Å². The van der Waals surface area contributed by atoms with Gasteiger partial charge in [0.15, 0.2) is 17.4 Å². The van der Waals surface area contributed by atoms with E-state index in [1.54, 1.807) is 16.7 Å². The number of carboxylic acids is 1. The van der Waals surface area contributed by atoms with Crippen molar-refractivity contribution in [1.82, 2.24) is 24.4 Å². The fourth-order valence-corrected chi connectivity index (χ4v) is 5.30. The number of carboxylic acid groups (broad SMARTS) is 1. The Morgan fingerprint density at radius 2 is 1.93 bits per heavy atom. The molecule has 0 radical (unpaired) electrons. The highest BCUT2D eigenvalue weighted by Crippen LogP contribution is 2.27. The van der Waals surface area contributed by atoms with E-state index in [2.05, 4.69) is 14.9 Å². The number of hydrogen-bond acceptors (Lipinski definition) is 8. The molecule has 1 N–H and O–H groups in total. The van der Waals surface area contributed by atoms with Crippen molar-refractivity contribution in [1.29, 1.82) is 0 Å². The maximum Gasteiger partial charge on any atom is 0.411 e. The van der Waals surface area contributed by atoms with Crippen LogP contribution in [-0.2, 0) is 24.4 Å². The molecule has 0 aliphatic carbocycles. The number of rotatable bonds is 12. The molecule has 1 fully saturated rings. The van der Waals surface area contributed by atoms with E-state index < -0.39 is 36.5 Å². The van der Waals surface area contributed by atoms with Gasteiger partial charge < -0.3 is 23.9 Å². The van der Waals surface area contributed by atoms with E-state index in [-0.39, 0.29) is 42.4 Å². The van der Waals surface area contributed by atoms with Crippen LogP contribution in [0.4, 0.5) is 22.0 Å². The molecule has 4 aromatic rings. The number of hydrogen-bond donors (Lipinski definition) is 1. The third-order valence-corrected chi connectivity index (χ3v) is 7.57. The number of alkyl halides is 3. The number of ether oxygens (including phenoxy) is 3. The molecule has 15 heteroatoms. The summed E-state index contributed by atoms with van der Waals surface area (Å²) in [7, 11) is 0. The average Bonchev–Trinajstić information content (AvgIpc) is 3.32. The number of carbonyl (C=O) groups is 1. The smallest absolute Gasteiger partial charge is 0.411 e. The second-order valence-corrected chi connectivity index (χ2v) is 11.1.